The van der Waals surface area contributed by atoms with Crippen molar-refractivity contribution in [3.8, 4) is 11.3 Å². The number of nitrogens with zero attached hydrogens (tertiary/aromatic N) is 2. The number of fused-ring (bicyclic) bond motifs is 3. The normalized spacial score (nSPS) is 11.0. The van der Waals surface area contributed by atoms with Crippen LogP contribution in [-0.2, 0) is 4.74 Å². The fraction of sp³-hybridized carbons (Fsp3) is 0.0556. The summed E-state index contributed by atoms with van der Waals surface area (Å²) in [7, 11) is 1.34. The van der Waals surface area contributed by atoms with Crippen molar-refractivity contribution in [3.05, 3.63) is 60.3 Å². The third kappa shape index (κ3) is 2.05. The Hall–Kier alpha value is -3.21. The molecule has 0 aliphatic rings. The van der Waals surface area contributed by atoms with Crippen molar-refractivity contribution in [1.29, 1.82) is 0 Å². The molecule has 5 heteroatoms. The van der Waals surface area contributed by atoms with Crippen molar-refractivity contribution >= 4 is 27.8 Å². The molecule has 0 saturated heterocycles. The fourth-order valence-electron chi connectivity index (χ4n) is 2.76. The summed E-state index contributed by atoms with van der Waals surface area (Å²) in [5.41, 5.74) is 3.27. The smallest absolute Gasteiger partial charge is 0.358 e. The lowest BCUT2D eigenvalue weighted by molar-refractivity contribution is 0.0596. The average Bonchev–Trinajstić information content (AvgIpc) is 3.05. The van der Waals surface area contributed by atoms with Crippen molar-refractivity contribution in [2.45, 2.75) is 0 Å². The number of H-pyrrole nitrogens is 1. The van der Waals surface area contributed by atoms with Gasteiger partial charge in [0.2, 0.25) is 0 Å². The average molecular weight is 303 g/mol. The summed E-state index contributed by atoms with van der Waals surface area (Å²) in [6.07, 6.45) is 0. The van der Waals surface area contributed by atoms with E-state index in [4.69, 9.17) is 9.72 Å². The van der Waals surface area contributed by atoms with Gasteiger partial charge in [0, 0.05) is 16.3 Å². The first-order chi connectivity index (χ1) is 11.3. The summed E-state index contributed by atoms with van der Waals surface area (Å²) >= 11 is 0. The number of methoxy groups -OCH3 is 1. The molecule has 5 nitrogen and oxygen atoms in total. The summed E-state index contributed by atoms with van der Waals surface area (Å²) in [6.45, 7) is 0. The molecule has 0 atom stereocenters. The number of hydrogen-bond acceptors (Lipinski definition) is 4. The molecule has 2 aromatic carbocycles. The maximum atomic E-state index is 11.9. The Morgan fingerprint density at radius 3 is 2.39 bits per heavy atom. The highest BCUT2D eigenvalue weighted by molar-refractivity contribution is 6.13. The lowest BCUT2D eigenvalue weighted by Crippen LogP contribution is -2.03. The van der Waals surface area contributed by atoms with E-state index in [0.29, 0.717) is 11.0 Å². The number of aromatic amines is 1. The number of benzene rings is 2. The highest BCUT2D eigenvalue weighted by Crippen LogP contribution is 2.32. The second-order valence-corrected chi connectivity index (χ2v) is 5.16. The molecular weight excluding hydrogens is 290 g/mol. The number of carbonyl (C=O) groups excluding carboxylic acids is 1. The molecular formula is C18H13N3O2. The van der Waals surface area contributed by atoms with Crippen molar-refractivity contribution in [3.63, 3.8) is 0 Å². The third-order valence-corrected chi connectivity index (χ3v) is 3.84. The Balaban J connectivity index is 2.13. The molecule has 0 radical (unpaired) electrons. The van der Waals surface area contributed by atoms with Crippen LogP contribution in [0.1, 0.15) is 10.5 Å². The maximum absolute atomic E-state index is 11.9. The predicted octanol–water partition coefficient (Wildman–Crippen LogP) is 3.56. The standard InChI is InChI=1S/C18H13N3O2/c1-23-18(22)17-16-15(20-21-17)13-10-6-5-9-12(13)14(19-16)11-7-3-2-4-8-11/h2-10H,1H3,(H,20,21). The molecule has 0 unspecified atom stereocenters. The highest BCUT2D eigenvalue weighted by atomic mass is 16.5. The Kier molecular flexibility index (Phi) is 3.05. The number of esters is 1. The molecule has 4 rings (SSSR count). The van der Waals surface area contributed by atoms with E-state index in [1.807, 2.05) is 54.6 Å². The van der Waals surface area contributed by atoms with Crippen LogP contribution in [-0.4, -0.2) is 28.3 Å². The topological polar surface area (TPSA) is 67.9 Å². The molecule has 0 spiro atoms. The molecule has 4 aromatic rings. The number of pyridine rings is 1. The number of carbonyl (C=O) groups is 1. The molecule has 23 heavy (non-hydrogen) atoms. The summed E-state index contributed by atoms with van der Waals surface area (Å²) in [5.74, 6) is -0.478. The second-order valence-electron chi connectivity index (χ2n) is 5.16. The molecule has 0 aliphatic carbocycles. The number of ether oxygens (including phenoxy) is 1. The zero-order valence-electron chi connectivity index (χ0n) is 12.4. The quantitative estimate of drug-likeness (QED) is 0.575. The molecule has 0 amide bonds. The second kappa shape index (κ2) is 5.21. The Morgan fingerprint density at radius 2 is 1.65 bits per heavy atom. The Labute approximate surface area is 131 Å². The van der Waals surface area contributed by atoms with E-state index in [1.165, 1.54) is 7.11 Å². The Bertz CT molecular complexity index is 1020. The first-order valence-electron chi connectivity index (χ1n) is 7.20. The largest absolute Gasteiger partial charge is 0.464 e. The van der Waals surface area contributed by atoms with Gasteiger partial charge in [-0.1, -0.05) is 54.6 Å². The summed E-state index contributed by atoms with van der Waals surface area (Å²) in [5, 5.41) is 8.95. The Morgan fingerprint density at radius 1 is 0.957 bits per heavy atom. The van der Waals surface area contributed by atoms with Gasteiger partial charge in [0.25, 0.3) is 0 Å². The van der Waals surface area contributed by atoms with Crippen LogP contribution in [0.5, 0.6) is 0 Å². The van der Waals surface area contributed by atoms with Crippen molar-refractivity contribution in [1.82, 2.24) is 15.2 Å². The van der Waals surface area contributed by atoms with Crippen LogP contribution in [0.25, 0.3) is 33.1 Å². The van der Waals surface area contributed by atoms with Crippen LogP contribution in [0.15, 0.2) is 54.6 Å². The molecule has 2 heterocycles. The van der Waals surface area contributed by atoms with Gasteiger partial charge >= 0.3 is 5.97 Å². The number of hydrogen-bond donors (Lipinski definition) is 1. The van der Waals surface area contributed by atoms with Gasteiger partial charge in [-0.3, -0.25) is 5.10 Å². The van der Waals surface area contributed by atoms with Crippen LogP contribution in [0.3, 0.4) is 0 Å². The zero-order valence-corrected chi connectivity index (χ0v) is 12.4. The van der Waals surface area contributed by atoms with Crippen molar-refractivity contribution < 1.29 is 9.53 Å². The highest BCUT2D eigenvalue weighted by Gasteiger charge is 2.19. The first kappa shape index (κ1) is 13.5. The lowest BCUT2D eigenvalue weighted by atomic mass is 10.0. The zero-order chi connectivity index (χ0) is 15.8. The number of rotatable bonds is 2. The third-order valence-electron chi connectivity index (χ3n) is 3.84. The van der Waals surface area contributed by atoms with E-state index in [1.54, 1.807) is 0 Å². The monoisotopic (exact) mass is 303 g/mol. The predicted molar refractivity (Wildman–Crippen MR) is 88.2 cm³/mol. The van der Waals surface area contributed by atoms with Gasteiger partial charge in [-0.25, -0.2) is 9.78 Å². The van der Waals surface area contributed by atoms with Gasteiger partial charge in [-0.15, -0.1) is 0 Å². The van der Waals surface area contributed by atoms with Crippen LogP contribution < -0.4 is 0 Å². The SMILES string of the molecule is COC(=O)c1[nH]nc2c1nc(-c1ccccc1)c1ccccc12. The summed E-state index contributed by atoms with van der Waals surface area (Å²) in [6, 6.07) is 17.8. The van der Waals surface area contributed by atoms with E-state index < -0.39 is 5.97 Å². The van der Waals surface area contributed by atoms with E-state index in [0.717, 1.165) is 22.0 Å². The minimum atomic E-state index is -0.478. The lowest BCUT2D eigenvalue weighted by Gasteiger charge is -2.07. The fourth-order valence-corrected chi connectivity index (χ4v) is 2.76. The van der Waals surface area contributed by atoms with Gasteiger partial charge < -0.3 is 4.74 Å². The van der Waals surface area contributed by atoms with E-state index in [2.05, 4.69) is 10.2 Å². The van der Waals surface area contributed by atoms with Gasteiger partial charge in [0.05, 0.1) is 12.8 Å². The van der Waals surface area contributed by atoms with Crippen LogP contribution >= 0.6 is 0 Å². The molecule has 112 valence electrons. The number of nitrogens with one attached hydrogen (secondary N) is 1. The molecule has 0 saturated carbocycles. The van der Waals surface area contributed by atoms with E-state index in [-0.39, 0.29) is 5.69 Å². The van der Waals surface area contributed by atoms with Gasteiger partial charge in [0.15, 0.2) is 5.69 Å². The minimum absolute atomic E-state index is 0.269. The van der Waals surface area contributed by atoms with Gasteiger partial charge in [-0.2, -0.15) is 5.10 Å². The van der Waals surface area contributed by atoms with E-state index in [9.17, 15) is 4.79 Å². The van der Waals surface area contributed by atoms with E-state index >= 15 is 0 Å². The van der Waals surface area contributed by atoms with Crippen molar-refractivity contribution in [2.75, 3.05) is 7.11 Å². The van der Waals surface area contributed by atoms with Crippen molar-refractivity contribution in [2.24, 2.45) is 0 Å². The maximum Gasteiger partial charge on any atom is 0.358 e. The van der Waals surface area contributed by atoms with Gasteiger partial charge in [-0.05, 0) is 0 Å². The van der Waals surface area contributed by atoms with Crippen LogP contribution in [0, 0.1) is 0 Å². The molecule has 0 aliphatic heterocycles. The molecule has 0 fully saturated rings. The molecule has 1 N–H and O–H groups in total. The van der Waals surface area contributed by atoms with Gasteiger partial charge in [0.1, 0.15) is 11.0 Å². The summed E-state index contributed by atoms with van der Waals surface area (Å²) in [4.78, 5) is 16.6. The van der Waals surface area contributed by atoms with Crippen LogP contribution in [0.2, 0.25) is 0 Å². The summed E-state index contributed by atoms with van der Waals surface area (Å²) < 4.78 is 4.81. The van der Waals surface area contributed by atoms with Crippen LogP contribution in [0.4, 0.5) is 0 Å². The molecule has 0 bridgehead atoms. The number of aromatic nitrogens is 3. The first-order valence-corrected chi connectivity index (χ1v) is 7.20. The minimum Gasteiger partial charge on any atom is -0.464 e. The molecule has 2 aromatic heterocycles.